The van der Waals surface area contributed by atoms with Crippen LogP contribution >= 0.6 is 11.8 Å². The summed E-state index contributed by atoms with van der Waals surface area (Å²) in [6.45, 7) is 7.96. The smallest absolute Gasteiger partial charge is 0.165 e. The lowest BCUT2D eigenvalue weighted by molar-refractivity contribution is 0.337. The summed E-state index contributed by atoms with van der Waals surface area (Å²) in [5.41, 5.74) is 2.50. The highest BCUT2D eigenvalue weighted by Crippen LogP contribution is 2.29. The number of aromatic amines is 1. The van der Waals surface area contributed by atoms with E-state index in [2.05, 4.69) is 47.3 Å². The van der Waals surface area contributed by atoms with Gasteiger partial charge in [0.1, 0.15) is 5.75 Å². The number of benzene rings is 1. The van der Waals surface area contributed by atoms with Crippen molar-refractivity contribution in [2.45, 2.75) is 37.7 Å². The monoisotopic (exact) mass is 305 g/mol. The summed E-state index contributed by atoms with van der Waals surface area (Å²) in [6, 6.07) is 6.79. The summed E-state index contributed by atoms with van der Waals surface area (Å²) >= 11 is 1.69. The number of rotatable bonds is 8. The van der Waals surface area contributed by atoms with Crippen LogP contribution < -0.4 is 10.1 Å². The van der Waals surface area contributed by atoms with Crippen LogP contribution in [0.3, 0.4) is 0 Å². The van der Waals surface area contributed by atoms with Crippen LogP contribution in [0.15, 0.2) is 35.7 Å². The van der Waals surface area contributed by atoms with Gasteiger partial charge in [-0.1, -0.05) is 24.8 Å². The molecule has 0 amide bonds. The van der Waals surface area contributed by atoms with E-state index < -0.39 is 0 Å². The molecule has 0 spiro atoms. The van der Waals surface area contributed by atoms with Gasteiger partial charge in [0.15, 0.2) is 5.16 Å². The molecule has 0 aliphatic rings. The highest BCUT2D eigenvalue weighted by molar-refractivity contribution is 7.98. The van der Waals surface area contributed by atoms with Gasteiger partial charge in [0, 0.05) is 29.8 Å². The Balaban J connectivity index is 2.15. The maximum absolute atomic E-state index is 5.74. The van der Waals surface area contributed by atoms with Crippen molar-refractivity contribution in [3.05, 3.63) is 41.7 Å². The quantitative estimate of drug-likeness (QED) is 0.729. The topological polar surface area (TPSA) is 49.9 Å². The van der Waals surface area contributed by atoms with E-state index in [1.165, 1.54) is 11.1 Å². The second kappa shape index (κ2) is 8.10. The normalized spacial score (nSPS) is 12.3. The molecule has 1 aromatic carbocycles. The third kappa shape index (κ3) is 4.51. The van der Waals surface area contributed by atoms with Gasteiger partial charge in [0.2, 0.25) is 0 Å². The molecule has 2 N–H and O–H groups in total. The number of nitrogens with one attached hydrogen (secondary N) is 2. The minimum Gasteiger partial charge on any atom is -0.494 e. The molecular weight excluding hydrogens is 282 g/mol. The summed E-state index contributed by atoms with van der Waals surface area (Å²) in [5.74, 6) is 1.80. The van der Waals surface area contributed by atoms with Gasteiger partial charge in [-0.25, -0.2) is 4.98 Å². The van der Waals surface area contributed by atoms with E-state index in [0.717, 1.165) is 23.2 Å². The summed E-state index contributed by atoms with van der Waals surface area (Å²) in [4.78, 5) is 7.36. The Morgan fingerprint density at radius 2 is 2.24 bits per heavy atom. The predicted molar refractivity (Wildman–Crippen MR) is 87.9 cm³/mol. The van der Waals surface area contributed by atoms with Crippen LogP contribution in [0.25, 0.3) is 0 Å². The van der Waals surface area contributed by atoms with Crippen LogP contribution in [0.1, 0.15) is 37.9 Å². The lowest BCUT2D eigenvalue weighted by atomic mass is 10.0. The van der Waals surface area contributed by atoms with Gasteiger partial charge in [-0.2, -0.15) is 0 Å². The summed E-state index contributed by atoms with van der Waals surface area (Å²) < 4.78 is 5.74. The molecule has 2 rings (SSSR count). The van der Waals surface area contributed by atoms with E-state index >= 15 is 0 Å². The van der Waals surface area contributed by atoms with E-state index in [4.69, 9.17) is 4.74 Å². The fraction of sp³-hybridized carbons (Fsp3) is 0.438. The molecule has 0 aliphatic heterocycles. The van der Waals surface area contributed by atoms with Gasteiger partial charge in [0.25, 0.3) is 0 Å². The van der Waals surface area contributed by atoms with Crippen LogP contribution in [-0.4, -0.2) is 23.1 Å². The van der Waals surface area contributed by atoms with Crippen molar-refractivity contribution in [1.82, 2.24) is 15.3 Å². The van der Waals surface area contributed by atoms with E-state index in [-0.39, 0.29) is 0 Å². The van der Waals surface area contributed by atoms with Gasteiger partial charge < -0.3 is 15.0 Å². The van der Waals surface area contributed by atoms with Gasteiger partial charge in [-0.05, 0) is 38.1 Å². The van der Waals surface area contributed by atoms with Crippen LogP contribution in [-0.2, 0) is 5.75 Å². The molecule has 0 fully saturated rings. The van der Waals surface area contributed by atoms with E-state index in [9.17, 15) is 0 Å². The third-order valence-corrected chi connectivity index (χ3v) is 4.18. The van der Waals surface area contributed by atoms with Crippen molar-refractivity contribution < 1.29 is 4.74 Å². The van der Waals surface area contributed by atoms with E-state index in [1.807, 2.05) is 13.1 Å². The molecule has 5 heteroatoms. The minimum atomic E-state index is 0.345. The minimum absolute atomic E-state index is 0.345. The Morgan fingerprint density at radius 3 is 2.90 bits per heavy atom. The maximum atomic E-state index is 5.74. The predicted octanol–water partition coefficient (Wildman–Crippen LogP) is 3.77. The van der Waals surface area contributed by atoms with Gasteiger partial charge >= 0.3 is 0 Å². The van der Waals surface area contributed by atoms with Crippen LogP contribution in [0.4, 0.5) is 0 Å². The van der Waals surface area contributed by atoms with Crippen LogP contribution in [0.2, 0.25) is 0 Å². The largest absolute Gasteiger partial charge is 0.494 e. The first-order valence-electron chi connectivity index (χ1n) is 7.35. The number of ether oxygens (including phenoxy) is 1. The van der Waals surface area contributed by atoms with Crippen molar-refractivity contribution in [2.24, 2.45) is 0 Å². The lowest BCUT2D eigenvalue weighted by Crippen LogP contribution is -2.17. The Kier molecular flexibility index (Phi) is 6.14. The molecule has 1 atom stereocenters. The number of aromatic nitrogens is 2. The molecule has 0 saturated carbocycles. The zero-order valence-electron chi connectivity index (χ0n) is 12.8. The van der Waals surface area contributed by atoms with Crippen LogP contribution in [0, 0.1) is 0 Å². The highest BCUT2D eigenvalue weighted by atomic mass is 32.2. The second-order valence-electron chi connectivity index (χ2n) is 4.76. The fourth-order valence-corrected chi connectivity index (χ4v) is 2.98. The number of nitrogens with zero attached hydrogens (tertiary/aromatic N) is 1. The van der Waals surface area contributed by atoms with Gasteiger partial charge in [-0.3, -0.25) is 0 Å². The van der Waals surface area contributed by atoms with Gasteiger partial charge in [0.05, 0.1) is 6.61 Å². The molecular formula is C16H23N3OS. The standard InChI is InChI=1S/C16H23N3OS/c1-4-17-12(3)13-6-7-15(20-5-2)14(10-13)11-21-16-18-8-9-19-16/h6-10,12,17H,4-5,11H2,1-3H3,(H,18,19). The fourth-order valence-electron chi connectivity index (χ4n) is 2.18. The molecule has 2 aromatic rings. The zero-order chi connectivity index (χ0) is 15.1. The number of H-pyrrole nitrogens is 1. The molecule has 4 nitrogen and oxygen atoms in total. The number of imidazole rings is 1. The van der Waals surface area contributed by atoms with Crippen molar-refractivity contribution >= 4 is 11.8 Å². The third-order valence-electron chi connectivity index (χ3n) is 3.23. The average Bonchev–Trinajstić information content (AvgIpc) is 3.00. The van der Waals surface area contributed by atoms with Crippen molar-refractivity contribution in [3.8, 4) is 5.75 Å². The van der Waals surface area contributed by atoms with Crippen molar-refractivity contribution in [2.75, 3.05) is 13.2 Å². The van der Waals surface area contributed by atoms with E-state index in [1.54, 1.807) is 18.0 Å². The Morgan fingerprint density at radius 1 is 1.38 bits per heavy atom. The maximum Gasteiger partial charge on any atom is 0.165 e. The SMILES string of the molecule is CCNC(C)c1ccc(OCC)c(CSc2ncc[nH]2)c1. The average molecular weight is 305 g/mol. The number of thioether (sulfide) groups is 1. The molecule has 1 heterocycles. The molecule has 0 bridgehead atoms. The Labute approximate surface area is 130 Å². The summed E-state index contributed by atoms with van der Waals surface area (Å²) in [7, 11) is 0. The highest BCUT2D eigenvalue weighted by Gasteiger charge is 2.10. The van der Waals surface area contributed by atoms with Crippen LogP contribution in [0.5, 0.6) is 5.75 Å². The molecule has 0 radical (unpaired) electrons. The van der Waals surface area contributed by atoms with Crippen molar-refractivity contribution in [1.29, 1.82) is 0 Å². The molecule has 1 aromatic heterocycles. The molecule has 0 aliphatic carbocycles. The number of hydrogen-bond donors (Lipinski definition) is 2. The Bertz CT molecular complexity index is 542. The van der Waals surface area contributed by atoms with Crippen molar-refractivity contribution in [3.63, 3.8) is 0 Å². The van der Waals surface area contributed by atoms with E-state index in [0.29, 0.717) is 12.6 Å². The first-order valence-corrected chi connectivity index (χ1v) is 8.34. The molecule has 21 heavy (non-hydrogen) atoms. The lowest BCUT2D eigenvalue weighted by Gasteiger charge is -2.16. The summed E-state index contributed by atoms with van der Waals surface area (Å²) in [6.07, 6.45) is 3.62. The number of hydrogen-bond acceptors (Lipinski definition) is 4. The first kappa shape index (κ1) is 15.9. The molecule has 114 valence electrons. The summed E-state index contributed by atoms with van der Waals surface area (Å²) in [5, 5.41) is 4.38. The Hall–Kier alpha value is -1.46. The zero-order valence-corrected chi connectivity index (χ0v) is 13.7. The first-order chi connectivity index (χ1) is 10.2. The second-order valence-corrected chi connectivity index (χ2v) is 5.73. The molecule has 1 unspecified atom stereocenters. The van der Waals surface area contributed by atoms with Gasteiger partial charge in [-0.15, -0.1) is 0 Å². The molecule has 0 saturated heterocycles.